The first-order valence-electron chi connectivity index (χ1n) is 10.3. The number of fused-ring (bicyclic) bond motifs is 1. The maximum Gasteiger partial charge on any atom is 0.251 e. The lowest BCUT2D eigenvalue weighted by molar-refractivity contribution is 0.0945. The molecule has 0 saturated carbocycles. The van der Waals surface area contributed by atoms with Crippen LogP contribution in [0.25, 0.3) is 16.2 Å². The zero-order valence-corrected chi connectivity index (χ0v) is 18.7. The SMILES string of the molecule is CC1=C(C=C/C(C)=C/c2cc3ccc(C(=O)NCCO)cc3s2)C(C)(C)CCC1. The van der Waals surface area contributed by atoms with Gasteiger partial charge in [-0.2, -0.15) is 0 Å². The first kappa shape index (κ1) is 21.5. The zero-order chi connectivity index (χ0) is 21.0. The van der Waals surface area contributed by atoms with Gasteiger partial charge in [-0.1, -0.05) is 37.6 Å². The summed E-state index contributed by atoms with van der Waals surface area (Å²) in [5.74, 6) is -0.149. The third-order valence-electron chi connectivity index (χ3n) is 5.62. The van der Waals surface area contributed by atoms with E-state index in [4.69, 9.17) is 5.11 Å². The van der Waals surface area contributed by atoms with Crippen LogP contribution >= 0.6 is 11.3 Å². The predicted octanol–water partition coefficient (Wildman–Crippen LogP) is 6.11. The molecule has 0 bridgehead atoms. The van der Waals surface area contributed by atoms with Crippen molar-refractivity contribution in [3.05, 3.63) is 63.6 Å². The Labute approximate surface area is 177 Å². The standard InChI is InChI=1S/C25H31NO2S/c1-17(7-10-22-18(2)6-5-11-25(22,3)4)14-21-15-19-8-9-20(16-23(19)29-21)24(28)26-12-13-27/h7-10,14-16,27H,5-6,11-13H2,1-4H3,(H,26,28)/b10-7?,17-14+. The lowest BCUT2D eigenvalue weighted by Gasteiger charge is -2.32. The molecule has 1 aliphatic carbocycles. The minimum atomic E-state index is -0.149. The number of hydrogen-bond acceptors (Lipinski definition) is 3. The quantitative estimate of drug-likeness (QED) is 0.566. The summed E-state index contributed by atoms with van der Waals surface area (Å²) in [7, 11) is 0. The molecule has 4 heteroatoms. The van der Waals surface area contributed by atoms with Crippen LogP contribution in [-0.2, 0) is 0 Å². The van der Waals surface area contributed by atoms with Gasteiger partial charge in [0.2, 0.25) is 0 Å². The van der Waals surface area contributed by atoms with Crippen LogP contribution in [0.15, 0.2) is 53.1 Å². The van der Waals surface area contributed by atoms with Gasteiger partial charge in [0.15, 0.2) is 0 Å². The molecule has 0 radical (unpaired) electrons. The minimum Gasteiger partial charge on any atom is -0.395 e. The Morgan fingerprint density at radius 1 is 1.31 bits per heavy atom. The number of amides is 1. The summed E-state index contributed by atoms with van der Waals surface area (Å²) in [6, 6.07) is 7.92. The van der Waals surface area contributed by atoms with Crippen molar-refractivity contribution in [1.29, 1.82) is 0 Å². The van der Waals surface area contributed by atoms with E-state index in [1.807, 2.05) is 18.2 Å². The van der Waals surface area contributed by atoms with Gasteiger partial charge in [0.1, 0.15) is 0 Å². The van der Waals surface area contributed by atoms with Gasteiger partial charge >= 0.3 is 0 Å². The highest BCUT2D eigenvalue weighted by atomic mass is 32.1. The minimum absolute atomic E-state index is 0.0532. The summed E-state index contributed by atoms with van der Waals surface area (Å²) >= 11 is 1.69. The molecule has 3 nitrogen and oxygen atoms in total. The van der Waals surface area contributed by atoms with Crippen LogP contribution in [0.3, 0.4) is 0 Å². The maximum atomic E-state index is 12.1. The Balaban J connectivity index is 1.79. The van der Waals surface area contributed by atoms with Crippen molar-refractivity contribution in [3.8, 4) is 0 Å². The van der Waals surface area contributed by atoms with Crippen LogP contribution in [0.2, 0.25) is 0 Å². The van der Waals surface area contributed by atoms with E-state index < -0.39 is 0 Å². The topological polar surface area (TPSA) is 49.3 Å². The Kier molecular flexibility index (Phi) is 6.76. The van der Waals surface area contributed by atoms with E-state index in [9.17, 15) is 4.79 Å². The highest BCUT2D eigenvalue weighted by Crippen LogP contribution is 2.40. The summed E-state index contributed by atoms with van der Waals surface area (Å²) in [6.45, 7) is 9.31. The molecule has 0 atom stereocenters. The Bertz CT molecular complexity index is 991. The molecular formula is C25H31NO2S. The normalized spacial score (nSPS) is 17.3. The molecule has 3 rings (SSSR count). The highest BCUT2D eigenvalue weighted by Gasteiger charge is 2.26. The van der Waals surface area contributed by atoms with Crippen LogP contribution < -0.4 is 5.32 Å². The summed E-state index contributed by atoms with van der Waals surface area (Å²) in [5.41, 5.74) is 5.09. The number of allylic oxidation sites excluding steroid dienone is 5. The second kappa shape index (κ2) is 9.10. The first-order valence-corrected chi connectivity index (χ1v) is 11.1. The van der Waals surface area contributed by atoms with Crippen LogP contribution in [-0.4, -0.2) is 24.2 Å². The first-order chi connectivity index (χ1) is 13.8. The van der Waals surface area contributed by atoms with Gasteiger partial charge in [-0.05, 0) is 79.3 Å². The number of carbonyl (C=O) groups excluding carboxylic acids is 1. The van der Waals surface area contributed by atoms with Gasteiger partial charge in [0, 0.05) is 21.7 Å². The molecular weight excluding hydrogens is 378 g/mol. The van der Waals surface area contributed by atoms with E-state index in [0.717, 1.165) is 10.1 Å². The average Bonchev–Trinajstić information content (AvgIpc) is 3.06. The largest absolute Gasteiger partial charge is 0.395 e. The third kappa shape index (κ3) is 5.26. The molecule has 1 heterocycles. The number of aliphatic hydroxyl groups is 1. The third-order valence-corrected chi connectivity index (χ3v) is 6.67. The van der Waals surface area contributed by atoms with Crippen molar-refractivity contribution in [2.45, 2.75) is 47.0 Å². The maximum absolute atomic E-state index is 12.1. The van der Waals surface area contributed by atoms with Crippen molar-refractivity contribution in [2.75, 3.05) is 13.2 Å². The number of carbonyl (C=O) groups is 1. The second-order valence-electron chi connectivity index (χ2n) is 8.53. The summed E-state index contributed by atoms with van der Waals surface area (Å²) in [5, 5.41) is 12.7. The van der Waals surface area contributed by atoms with Crippen molar-refractivity contribution in [1.82, 2.24) is 5.32 Å². The number of hydrogen-bond donors (Lipinski definition) is 2. The molecule has 0 unspecified atom stereocenters. The molecule has 1 aromatic heterocycles. The fraction of sp³-hybridized carbons (Fsp3) is 0.400. The molecule has 2 N–H and O–H groups in total. The second-order valence-corrected chi connectivity index (χ2v) is 9.65. The van der Waals surface area contributed by atoms with E-state index in [2.05, 4.69) is 57.3 Å². The van der Waals surface area contributed by atoms with E-state index in [1.165, 1.54) is 40.9 Å². The molecule has 154 valence electrons. The van der Waals surface area contributed by atoms with Crippen LogP contribution in [0.1, 0.15) is 62.2 Å². The average molecular weight is 410 g/mol. The van der Waals surface area contributed by atoms with E-state index in [1.54, 1.807) is 11.3 Å². The van der Waals surface area contributed by atoms with Gasteiger partial charge in [-0.25, -0.2) is 0 Å². The Morgan fingerprint density at radius 3 is 2.83 bits per heavy atom. The van der Waals surface area contributed by atoms with Crippen LogP contribution in [0, 0.1) is 5.41 Å². The van der Waals surface area contributed by atoms with Crippen molar-refractivity contribution in [3.63, 3.8) is 0 Å². The summed E-state index contributed by atoms with van der Waals surface area (Å²) in [6.07, 6.45) is 10.5. The van der Waals surface area contributed by atoms with E-state index in [0.29, 0.717) is 5.56 Å². The molecule has 0 spiro atoms. The highest BCUT2D eigenvalue weighted by molar-refractivity contribution is 7.19. The summed E-state index contributed by atoms with van der Waals surface area (Å²) in [4.78, 5) is 13.3. The van der Waals surface area contributed by atoms with Crippen molar-refractivity contribution < 1.29 is 9.90 Å². The van der Waals surface area contributed by atoms with Gasteiger partial charge < -0.3 is 10.4 Å². The Morgan fingerprint density at radius 2 is 2.10 bits per heavy atom. The van der Waals surface area contributed by atoms with Crippen LogP contribution in [0.5, 0.6) is 0 Å². The fourth-order valence-electron chi connectivity index (χ4n) is 4.03. The lowest BCUT2D eigenvalue weighted by atomic mass is 9.72. The number of rotatable bonds is 6. The van der Waals surface area contributed by atoms with Crippen LogP contribution in [0.4, 0.5) is 0 Å². The van der Waals surface area contributed by atoms with Gasteiger partial charge in [0.05, 0.1) is 6.61 Å². The van der Waals surface area contributed by atoms with Gasteiger partial charge in [-0.3, -0.25) is 4.79 Å². The molecule has 29 heavy (non-hydrogen) atoms. The smallest absolute Gasteiger partial charge is 0.251 e. The molecule has 0 fully saturated rings. The van der Waals surface area contributed by atoms with E-state index >= 15 is 0 Å². The molecule has 1 aromatic carbocycles. The van der Waals surface area contributed by atoms with Gasteiger partial charge in [-0.15, -0.1) is 11.3 Å². The summed E-state index contributed by atoms with van der Waals surface area (Å²) < 4.78 is 1.09. The van der Waals surface area contributed by atoms with Crippen molar-refractivity contribution >= 4 is 33.4 Å². The van der Waals surface area contributed by atoms with Gasteiger partial charge in [0.25, 0.3) is 5.91 Å². The van der Waals surface area contributed by atoms with E-state index in [-0.39, 0.29) is 24.5 Å². The number of aliphatic hydroxyl groups excluding tert-OH is 1. The fourth-order valence-corrected chi connectivity index (χ4v) is 5.15. The molecule has 0 aliphatic heterocycles. The molecule has 0 saturated heterocycles. The van der Waals surface area contributed by atoms with Crippen molar-refractivity contribution in [2.24, 2.45) is 5.41 Å². The number of nitrogens with one attached hydrogen (secondary N) is 1. The zero-order valence-electron chi connectivity index (χ0n) is 17.8. The number of benzene rings is 1. The molecule has 1 aliphatic rings. The number of thiophene rings is 1. The predicted molar refractivity (Wildman–Crippen MR) is 124 cm³/mol. The molecule has 1 amide bonds. The lowest BCUT2D eigenvalue weighted by Crippen LogP contribution is -2.26. The Hall–Kier alpha value is -2.17. The molecule has 2 aromatic rings. The monoisotopic (exact) mass is 409 g/mol.